The fourth-order valence-electron chi connectivity index (χ4n) is 3.03. The van der Waals surface area contributed by atoms with Gasteiger partial charge in [0.1, 0.15) is 5.75 Å². The van der Waals surface area contributed by atoms with Gasteiger partial charge >= 0.3 is 0 Å². The first-order valence-corrected chi connectivity index (χ1v) is 7.83. The highest BCUT2D eigenvalue weighted by Gasteiger charge is 2.34. The lowest BCUT2D eigenvalue weighted by Gasteiger charge is -2.20. The highest BCUT2D eigenvalue weighted by atomic mass is 16.5. The molecule has 0 unspecified atom stereocenters. The molecular weight excluding hydrogens is 264 g/mol. The van der Waals surface area contributed by atoms with Crippen LogP contribution in [-0.2, 0) is 4.79 Å². The van der Waals surface area contributed by atoms with E-state index in [1.54, 1.807) is 7.11 Å². The Balaban J connectivity index is 2.13. The van der Waals surface area contributed by atoms with Crippen LogP contribution in [0.25, 0.3) is 0 Å². The molecule has 1 aliphatic rings. The van der Waals surface area contributed by atoms with Crippen LogP contribution in [0.5, 0.6) is 5.75 Å². The van der Waals surface area contributed by atoms with E-state index in [2.05, 4.69) is 29.3 Å². The van der Waals surface area contributed by atoms with Gasteiger partial charge in [-0.25, -0.2) is 0 Å². The van der Waals surface area contributed by atoms with Crippen molar-refractivity contribution in [2.75, 3.05) is 26.7 Å². The number of carbonyl (C=O) groups is 1. The number of methoxy groups -OCH3 is 1. The predicted molar refractivity (Wildman–Crippen MR) is 84.7 cm³/mol. The molecule has 0 bridgehead atoms. The van der Waals surface area contributed by atoms with Crippen molar-refractivity contribution in [1.82, 2.24) is 10.2 Å². The third-order valence-electron chi connectivity index (χ3n) is 4.15. The molecule has 0 aliphatic carbocycles. The summed E-state index contributed by atoms with van der Waals surface area (Å²) in [5.74, 6) is 1.37. The van der Waals surface area contributed by atoms with Crippen LogP contribution >= 0.6 is 0 Å². The Bertz CT molecular complexity index is 458. The van der Waals surface area contributed by atoms with Crippen LogP contribution in [-0.4, -0.2) is 43.6 Å². The first-order valence-electron chi connectivity index (χ1n) is 7.83. The topological polar surface area (TPSA) is 41.6 Å². The lowest BCUT2D eigenvalue weighted by Crippen LogP contribution is -2.39. The molecule has 0 radical (unpaired) electrons. The molecule has 0 spiro atoms. The number of nitrogens with zero attached hydrogens (tertiary/aromatic N) is 1. The van der Waals surface area contributed by atoms with Gasteiger partial charge in [-0.15, -0.1) is 0 Å². The van der Waals surface area contributed by atoms with Crippen molar-refractivity contribution < 1.29 is 9.53 Å². The van der Waals surface area contributed by atoms with Crippen LogP contribution in [0, 0.1) is 0 Å². The highest BCUT2D eigenvalue weighted by Crippen LogP contribution is 2.29. The molecule has 1 fully saturated rings. The quantitative estimate of drug-likeness (QED) is 0.874. The van der Waals surface area contributed by atoms with Gasteiger partial charge in [0.15, 0.2) is 0 Å². The van der Waals surface area contributed by atoms with Crippen LogP contribution < -0.4 is 10.1 Å². The van der Waals surface area contributed by atoms with Crippen LogP contribution in [0.3, 0.4) is 0 Å². The van der Waals surface area contributed by atoms with Crippen molar-refractivity contribution in [2.24, 2.45) is 0 Å². The average molecular weight is 290 g/mol. The number of rotatable bonds is 6. The summed E-state index contributed by atoms with van der Waals surface area (Å²) in [5.41, 5.74) is 1.27. The van der Waals surface area contributed by atoms with Crippen LogP contribution in [0.2, 0.25) is 0 Å². The molecule has 1 aromatic carbocycles. The van der Waals surface area contributed by atoms with Crippen molar-refractivity contribution in [3.63, 3.8) is 0 Å². The van der Waals surface area contributed by atoms with Gasteiger partial charge in [0, 0.05) is 31.5 Å². The Morgan fingerprint density at radius 1 is 1.29 bits per heavy atom. The maximum atomic E-state index is 11.8. The van der Waals surface area contributed by atoms with E-state index < -0.39 is 0 Å². The molecule has 1 amide bonds. The number of hydrogen-bond acceptors (Lipinski definition) is 3. The molecule has 4 heteroatoms. The van der Waals surface area contributed by atoms with Gasteiger partial charge in [0.05, 0.1) is 7.11 Å². The lowest BCUT2D eigenvalue weighted by molar-refractivity contribution is -0.121. The maximum absolute atomic E-state index is 11.8. The largest absolute Gasteiger partial charge is 0.497 e. The van der Waals surface area contributed by atoms with Gasteiger partial charge in [-0.3, -0.25) is 4.79 Å². The van der Waals surface area contributed by atoms with Crippen molar-refractivity contribution >= 4 is 5.91 Å². The average Bonchev–Trinajstić information content (AvgIpc) is 2.90. The van der Waals surface area contributed by atoms with Crippen LogP contribution in [0.1, 0.15) is 38.2 Å². The molecule has 1 N–H and O–H groups in total. The summed E-state index contributed by atoms with van der Waals surface area (Å²) in [7, 11) is 1.68. The van der Waals surface area contributed by atoms with E-state index in [0.717, 1.165) is 31.8 Å². The Hall–Kier alpha value is -1.55. The molecule has 1 aromatic rings. The molecule has 1 aliphatic heterocycles. The number of nitrogens with one attached hydrogen (secondary N) is 1. The number of likely N-dealkylation sites (tertiary alicyclic amines) is 1. The second kappa shape index (κ2) is 7.46. The summed E-state index contributed by atoms with van der Waals surface area (Å²) in [5, 5.41) is 3.18. The van der Waals surface area contributed by atoms with Gasteiger partial charge < -0.3 is 15.0 Å². The smallest absolute Gasteiger partial charge is 0.219 e. The van der Waals surface area contributed by atoms with Gasteiger partial charge in [0.2, 0.25) is 5.91 Å². The van der Waals surface area contributed by atoms with Crippen molar-refractivity contribution in [2.45, 2.75) is 38.6 Å². The minimum atomic E-state index is 0.136. The maximum Gasteiger partial charge on any atom is 0.219 e. The van der Waals surface area contributed by atoms with Gasteiger partial charge in [0.25, 0.3) is 0 Å². The van der Waals surface area contributed by atoms with Crippen molar-refractivity contribution in [3.05, 3.63) is 29.8 Å². The van der Waals surface area contributed by atoms with E-state index in [1.165, 1.54) is 5.56 Å². The fraction of sp³-hybridized carbons (Fsp3) is 0.588. The third kappa shape index (κ3) is 3.97. The number of amides is 1. The SMILES string of the molecule is CCCN1C[C@H](NC(=O)CC)[C@@H](c2ccc(OC)cc2)C1. The Morgan fingerprint density at radius 3 is 2.57 bits per heavy atom. The molecule has 116 valence electrons. The monoisotopic (exact) mass is 290 g/mol. The van der Waals surface area contributed by atoms with E-state index in [4.69, 9.17) is 4.74 Å². The molecular formula is C17H26N2O2. The first-order chi connectivity index (χ1) is 10.2. The van der Waals surface area contributed by atoms with Gasteiger partial charge in [-0.2, -0.15) is 0 Å². The number of hydrogen-bond donors (Lipinski definition) is 1. The van der Waals surface area contributed by atoms with E-state index in [1.807, 2.05) is 19.1 Å². The second-order valence-corrected chi connectivity index (χ2v) is 5.67. The minimum Gasteiger partial charge on any atom is -0.497 e. The van der Waals surface area contributed by atoms with E-state index in [-0.39, 0.29) is 11.9 Å². The summed E-state index contributed by atoms with van der Waals surface area (Å²) in [4.78, 5) is 14.2. The van der Waals surface area contributed by atoms with E-state index in [0.29, 0.717) is 12.3 Å². The Labute approximate surface area is 127 Å². The van der Waals surface area contributed by atoms with E-state index >= 15 is 0 Å². The number of carbonyl (C=O) groups excluding carboxylic acids is 1. The zero-order valence-electron chi connectivity index (χ0n) is 13.3. The second-order valence-electron chi connectivity index (χ2n) is 5.67. The van der Waals surface area contributed by atoms with E-state index in [9.17, 15) is 4.79 Å². The molecule has 1 saturated heterocycles. The standard InChI is InChI=1S/C17H26N2O2/c1-4-10-19-11-15(16(12-19)18-17(20)5-2)13-6-8-14(21-3)9-7-13/h6-9,15-16H,4-5,10-12H2,1-3H3,(H,18,20)/t15-,16+/m1/s1. The fourth-order valence-corrected chi connectivity index (χ4v) is 3.03. The lowest BCUT2D eigenvalue weighted by atomic mass is 9.94. The van der Waals surface area contributed by atoms with Gasteiger partial charge in [-0.1, -0.05) is 26.0 Å². The third-order valence-corrected chi connectivity index (χ3v) is 4.15. The molecule has 2 atom stereocenters. The summed E-state index contributed by atoms with van der Waals surface area (Å²) in [6.07, 6.45) is 1.68. The summed E-state index contributed by atoms with van der Waals surface area (Å²) in [6.45, 7) is 7.13. The molecule has 0 aromatic heterocycles. The normalized spacial score (nSPS) is 22.2. The Morgan fingerprint density at radius 2 is 2.00 bits per heavy atom. The molecule has 21 heavy (non-hydrogen) atoms. The molecule has 0 saturated carbocycles. The highest BCUT2D eigenvalue weighted by molar-refractivity contribution is 5.76. The summed E-state index contributed by atoms with van der Waals surface area (Å²) in [6, 6.07) is 8.43. The number of ether oxygens (including phenoxy) is 1. The van der Waals surface area contributed by atoms with Crippen molar-refractivity contribution in [3.8, 4) is 5.75 Å². The zero-order chi connectivity index (χ0) is 15.2. The minimum absolute atomic E-state index is 0.136. The molecule has 4 nitrogen and oxygen atoms in total. The predicted octanol–water partition coefficient (Wildman–Crippen LogP) is 2.40. The van der Waals surface area contributed by atoms with Crippen LogP contribution in [0.4, 0.5) is 0 Å². The van der Waals surface area contributed by atoms with Crippen LogP contribution in [0.15, 0.2) is 24.3 Å². The first kappa shape index (κ1) is 15.8. The number of benzene rings is 1. The zero-order valence-corrected chi connectivity index (χ0v) is 13.3. The Kier molecular flexibility index (Phi) is 5.62. The molecule has 2 rings (SSSR count). The molecule has 1 heterocycles. The summed E-state index contributed by atoms with van der Waals surface area (Å²) >= 11 is 0. The van der Waals surface area contributed by atoms with Crippen molar-refractivity contribution in [1.29, 1.82) is 0 Å². The van der Waals surface area contributed by atoms with Gasteiger partial charge in [-0.05, 0) is 30.7 Å². The summed E-state index contributed by atoms with van der Waals surface area (Å²) < 4.78 is 5.22.